The van der Waals surface area contributed by atoms with Crippen LogP contribution in [0.4, 0.5) is 0 Å². The molecule has 1 aromatic heterocycles. The molecule has 0 bridgehead atoms. The average Bonchev–Trinajstić information content (AvgIpc) is 3.00. The topological polar surface area (TPSA) is 83.6 Å². The van der Waals surface area contributed by atoms with E-state index in [1.54, 1.807) is 22.8 Å². The molecule has 0 atom stereocenters. The van der Waals surface area contributed by atoms with Gasteiger partial charge in [0.2, 0.25) is 0 Å². The Morgan fingerprint density at radius 3 is 2.18 bits per heavy atom. The van der Waals surface area contributed by atoms with E-state index in [0.717, 1.165) is 5.56 Å². The van der Waals surface area contributed by atoms with Gasteiger partial charge in [-0.3, -0.25) is 9.59 Å². The Bertz CT molecular complexity index is 1140. The van der Waals surface area contributed by atoms with Crippen LogP contribution in [0, 0.1) is 0 Å². The van der Waals surface area contributed by atoms with E-state index in [4.69, 9.17) is 15.2 Å². The molecule has 0 saturated heterocycles. The third-order valence-electron chi connectivity index (χ3n) is 5.02. The largest absolute Gasteiger partial charge is 0.493 e. The molecular formula is C21H21ClN2O4. The van der Waals surface area contributed by atoms with Gasteiger partial charge in [0.15, 0.2) is 17.3 Å². The number of benzene rings is 2. The highest BCUT2D eigenvalue weighted by molar-refractivity contribution is 6.26. The Labute approximate surface area is 168 Å². The molecule has 0 fully saturated rings. The minimum Gasteiger partial charge on any atom is -0.493 e. The zero-order chi connectivity index (χ0) is 19.1. The number of methoxy groups -OCH3 is 2. The molecule has 0 unspecified atom stereocenters. The molecule has 3 aromatic rings. The molecule has 2 aromatic carbocycles. The fourth-order valence-electron chi connectivity index (χ4n) is 3.77. The molecule has 146 valence electrons. The zero-order valence-corrected chi connectivity index (χ0v) is 16.5. The van der Waals surface area contributed by atoms with Crippen molar-refractivity contribution in [1.82, 2.24) is 4.57 Å². The molecule has 1 aliphatic rings. The number of halogens is 1. The maximum Gasteiger partial charge on any atom is 0.259 e. The highest BCUT2D eigenvalue weighted by atomic mass is 35.5. The molecule has 0 saturated carbocycles. The maximum atomic E-state index is 13.3. The summed E-state index contributed by atoms with van der Waals surface area (Å²) in [6, 6.07) is 10.7. The van der Waals surface area contributed by atoms with Crippen LogP contribution in [-0.4, -0.2) is 31.1 Å². The van der Waals surface area contributed by atoms with Crippen LogP contribution >= 0.6 is 12.4 Å². The first-order valence-corrected chi connectivity index (χ1v) is 8.79. The van der Waals surface area contributed by atoms with E-state index in [1.807, 2.05) is 18.2 Å². The number of ketones is 1. The van der Waals surface area contributed by atoms with Crippen molar-refractivity contribution in [3.05, 3.63) is 57.9 Å². The second-order valence-corrected chi connectivity index (χ2v) is 6.45. The lowest BCUT2D eigenvalue weighted by Gasteiger charge is -2.16. The van der Waals surface area contributed by atoms with Crippen LogP contribution in [0.25, 0.3) is 22.0 Å². The lowest BCUT2D eigenvalue weighted by molar-refractivity contribution is 0.104. The van der Waals surface area contributed by atoms with Gasteiger partial charge in [-0.05, 0) is 25.1 Å². The van der Waals surface area contributed by atoms with Crippen molar-refractivity contribution >= 4 is 29.0 Å². The minimum atomic E-state index is -0.164. The second kappa shape index (κ2) is 7.66. The minimum absolute atomic E-state index is 0. The molecule has 6 nitrogen and oxygen atoms in total. The number of fused-ring (bicyclic) bond motifs is 5. The van der Waals surface area contributed by atoms with Gasteiger partial charge in [-0.2, -0.15) is 0 Å². The van der Waals surface area contributed by atoms with Crippen LogP contribution in [0.1, 0.15) is 22.3 Å². The number of hydrogen-bond donors (Lipinski definition) is 1. The highest BCUT2D eigenvalue weighted by Gasteiger charge is 2.32. The Hall–Kier alpha value is -2.83. The van der Waals surface area contributed by atoms with Crippen molar-refractivity contribution in [2.24, 2.45) is 5.73 Å². The van der Waals surface area contributed by atoms with Crippen LogP contribution < -0.4 is 20.8 Å². The second-order valence-electron chi connectivity index (χ2n) is 6.45. The Balaban J connectivity index is 0.00000225. The summed E-state index contributed by atoms with van der Waals surface area (Å²) in [6.45, 7) is 0.907. The predicted octanol–water partition coefficient (Wildman–Crippen LogP) is 3.00. The van der Waals surface area contributed by atoms with Crippen LogP contribution in [0.15, 0.2) is 41.2 Å². The third-order valence-corrected chi connectivity index (χ3v) is 5.02. The number of nitrogens with two attached hydrogens (primary N) is 1. The quantitative estimate of drug-likeness (QED) is 0.556. The van der Waals surface area contributed by atoms with Gasteiger partial charge in [0.05, 0.1) is 30.9 Å². The molecule has 1 aliphatic carbocycles. The number of rotatable bonds is 5. The SMILES string of the molecule is COc1cc2c3c(n(CCCN)c(=O)c2cc1OC)-c1ccccc1C3=O.Cl. The van der Waals surface area contributed by atoms with Crippen molar-refractivity contribution in [1.29, 1.82) is 0 Å². The van der Waals surface area contributed by atoms with Crippen molar-refractivity contribution < 1.29 is 14.3 Å². The van der Waals surface area contributed by atoms with Gasteiger partial charge in [-0.25, -0.2) is 0 Å². The Kier molecular flexibility index (Phi) is 5.45. The fourth-order valence-corrected chi connectivity index (χ4v) is 3.77. The maximum absolute atomic E-state index is 13.3. The van der Waals surface area contributed by atoms with Gasteiger partial charge in [0.1, 0.15) is 0 Å². The Morgan fingerprint density at radius 1 is 0.964 bits per heavy atom. The monoisotopic (exact) mass is 400 g/mol. The number of carbonyl (C=O) groups is 1. The van der Waals surface area contributed by atoms with Crippen LogP contribution in [0.2, 0.25) is 0 Å². The van der Waals surface area contributed by atoms with Crippen LogP contribution in [-0.2, 0) is 6.54 Å². The summed E-state index contributed by atoms with van der Waals surface area (Å²) < 4.78 is 12.4. The molecule has 0 radical (unpaired) electrons. The van der Waals surface area contributed by atoms with E-state index < -0.39 is 0 Å². The van der Waals surface area contributed by atoms with Crippen molar-refractivity contribution in [2.75, 3.05) is 20.8 Å². The first-order chi connectivity index (χ1) is 13.1. The van der Waals surface area contributed by atoms with Gasteiger partial charge >= 0.3 is 0 Å². The van der Waals surface area contributed by atoms with Gasteiger partial charge in [0, 0.05) is 23.1 Å². The summed E-state index contributed by atoms with van der Waals surface area (Å²) in [4.78, 5) is 26.5. The first kappa shape index (κ1) is 19.9. The molecule has 1 heterocycles. The van der Waals surface area contributed by atoms with E-state index in [-0.39, 0.29) is 23.7 Å². The summed E-state index contributed by atoms with van der Waals surface area (Å²) in [6.07, 6.45) is 0.640. The summed E-state index contributed by atoms with van der Waals surface area (Å²) in [5.74, 6) is 0.852. The van der Waals surface area contributed by atoms with Gasteiger partial charge in [0.25, 0.3) is 5.56 Å². The number of ether oxygens (including phenoxy) is 2. The Morgan fingerprint density at radius 2 is 1.57 bits per heavy atom. The highest BCUT2D eigenvalue weighted by Crippen LogP contribution is 2.41. The van der Waals surface area contributed by atoms with E-state index >= 15 is 0 Å². The van der Waals surface area contributed by atoms with Crippen molar-refractivity contribution in [3.63, 3.8) is 0 Å². The third kappa shape index (κ3) is 2.77. The van der Waals surface area contributed by atoms with Gasteiger partial charge in [-0.1, -0.05) is 24.3 Å². The molecule has 4 rings (SSSR count). The molecule has 28 heavy (non-hydrogen) atoms. The standard InChI is InChI=1S/C21H20N2O4.ClH/c1-26-16-10-14-15(11-17(16)27-2)21(25)23(9-5-8-22)19-12-6-3-4-7-13(12)20(24)18(14)19;/h3-4,6-7,10-11H,5,8-9,22H2,1-2H3;1H. The van der Waals surface area contributed by atoms with E-state index in [2.05, 4.69) is 0 Å². The number of carbonyl (C=O) groups excluding carboxylic acids is 1. The van der Waals surface area contributed by atoms with Crippen LogP contribution in [0.3, 0.4) is 0 Å². The van der Waals surface area contributed by atoms with Gasteiger partial charge in [-0.15, -0.1) is 12.4 Å². The number of pyridine rings is 1. The van der Waals surface area contributed by atoms with Crippen molar-refractivity contribution in [3.8, 4) is 22.8 Å². The van der Waals surface area contributed by atoms with Crippen LogP contribution in [0.5, 0.6) is 11.5 Å². The predicted molar refractivity (Wildman–Crippen MR) is 111 cm³/mol. The first-order valence-electron chi connectivity index (χ1n) is 8.79. The number of nitrogens with zero attached hydrogens (tertiary/aromatic N) is 1. The smallest absolute Gasteiger partial charge is 0.259 e. The fraction of sp³-hybridized carbons (Fsp3) is 0.238. The van der Waals surface area contributed by atoms with E-state index in [1.165, 1.54) is 14.2 Å². The van der Waals surface area contributed by atoms with Gasteiger partial charge < -0.3 is 19.8 Å². The lowest BCUT2D eigenvalue weighted by Crippen LogP contribution is -2.24. The summed E-state index contributed by atoms with van der Waals surface area (Å²) in [7, 11) is 3.05. The zero-order valence-electron chi connectivity index (χ0n) is 15.7. The normalized spacial score (nSPS) is 11.8. The summed E-state index contributed by atoms with van der Waals surface area (Å²) in [5, 5.41) is 1.02. The number of aromatic nitrogens is 1. The molecule has 2 N–H and O–H groups in total. The van der Waals surface area contributed by atoms with E-state index in [9.17, 15) is 9.59 Å². The van der Waals surface area contributed by atoms with Crippen molar-refractivity contribution in [2.45, 2.75) is 13.0 Å². The molecular weight excluding hydrogens is 380 g/mol. The molecule has 7 heteroatoms. The molecule has 0 spiro atoms. The molecule has 0 aliphatic heterocycles. The molecule has 0 amide bonds. The van der Waals surface area contributed by atoms with E-state index in [0.29, 0.717) is 58.6 Å². The summed E-state index contributed by atoms with van der Waals surface area (Å²) in [5.41, 5.74) is 8.09. The lowest BCUT2D eigenvalue weighted by atomic mass is 10.0. The summed E-state index contributed by atoms with van der Waals surface area (Å²) >= 11 is 0. The number of hydrogen-bond acceptors (Lipinski definition) is 5. The average molecular weight is 401 g/mol.